The molecule has 0 unspecified atom stereocenters. The number of halogens is 1. The minimum Gasteiger partial charge on any atom is -0.339 e. The van der Waals surface area contributed by atoms with Crippen LogP contribution in [-0.4, -0.2) is 30.0 Å². The van der Waals surface area contributed by atoms with Crippen LogP contribution < -0.4 is 0 Å². The molecule has 2 rings (SSSR count). The fraction of sp³-hybridized carbons (Fsp3) is 0.467. The van der Waals surface area contributed by atoms with Gasteiger partial charge in [0.2, 0.25) is 0 Å². The topological polar surface area (TPSA) is 37.4 Å². The van der Waals surface area contributed by atoms with Gasteiger partial charge >= 0.3 is 0 Å². The highest BCUT2D eigenvalue weighted by Gasteiger charge is 2.34. The van der Waals surface area contributed by atoms with Crippen molar-refractivity contribution in [3.63, 3.8) is 0 Å². The molecule has 20 heavy (non-hydrogen) atoms. The molecule has 1 aliphatic rings. The van der Waals surface area contributed by atoms with E-state index in [1.165, 1.54) is 4.90 Å². The summed E-state index contributed by atoms with van der Waals surface area (Å²) in [6, 6.07) is 3.78. The molecular weight excluding hydrogens is 338 g/mol. The maximum atomic E-state index is 12.5. The number of thioether (sulfide) groups is 1. The summed E-state index contributed by atoms with van der Waals surface area (Å²) >= 11 is 4.66. The Morgan fingerprint density at radius 2 is 1.95 bits per heavy atom. The van der Waals surface area contributed by atoms with Crippen molar-refractivity contribution in [3.05, 3.63) is 27.7 Å². The lowest BCUT2D eigenvalue weighted by Gasteiger charge is -2.32. The van der Waals surface area contributed by atoms with Crippen molar-refractivity contribution in [1.82, 2.24) is 4.90 Å². The van der Waals surface area contributed by atoms with Gasteiger partial charge in [0, 0.05) is 35.4 Å². The van der Waals surface area contributed by atoms with Crippen LogP contribution in [0.5, 0.6) is 0 Å². The quantitative estimate of drug-likeness (QED) is 0.701. The number of carbonyl (C=O) groups is 2. The number of benzene rings is 1. The number of rotatable bonds is 1. The van der Waals surface area contributed by atoms with Gasteiger partial charge in [-0.15, -0.1) is 0 Å². The molecule has 0 aromatic heterocycles. The zero-order valence-electron chi connectivity index (χ0n) is 12.1. The molecule has 108 valence electrons. The van der Waals surface area contributed by atoms with Crippen molar-refractivity contribution < 1.29 is 9.59 Å². The zero-order valence-corrected chi connectivity index (χ0v) is 14.5. The van der Waals surface area contributed by atoms with Crippen LogP contribution in [0.15, 0.2) is 21.5 Å². The number of hydrogen-bond acceptors (Lipinski definition) is 3. The average Bonchev–Trinajstić information content (AvgIpc) is 2.31. The Kier molecular flexibility index (Phi) is 4.30. The second-order valence-corrected chi connectivity index (χ2v) is 7.95. The third kappa shape index (κ3) is 3.09. The van der Waals surface area contributed by atoms with Crippen LogP contribution >= 0.6 is 27.7 Å². The molecule has 1 aromatic carbocycles. The first kappa shape index (κ1) is 15.6. The first-order valence-electron chi connectivity index (χ1n) is 6.45. The lowest BCUT2D eigenvalue weighted by molar-refractivity contribution is 0.0908. The summed E-state index contributed by atoms with van der Waals surface area (Å²) in [4.78, 5) is 26.6. The number of hydrogen-bond donors (Lipinski definition) is 0. The summed E-state index contributed by atoms with van der Waals surface area (Å²) in [6.45, 7) is 4.20. The van der Waals surface area contributed by atoms with E-state index in [4.69, 9.17) is 0 Å². The standard InChI is InChI=1S/C15H18BrNO2S/c1-15(2)7-9-10(16)5-6-12(13(9)11(18)8-15)20-14(19)17(3)4/h5-6H,7-8H2,1-4H3. The first-order chi connectivity index (χ1) is 9.21. The van der Waals surface area contributed by atoms with E-state index in [0.717, 1.165) is 38.7 Å². The van der Waals surface area contributed by atoms with E-state index in [-0.39, 0.29) is 16.4 Å². The summed E-state index contributed by atoms with van der Waals surface area (Å²) < 4.78 is 0.954. The van der Waals surface area contributed by atoms with Gasteiger partial charge in [-0.05, 0) is 41.3 Å². The molecule has 5 heteroatoms. The van der Waals surface area contributed by atoms with E-state index in [2.05, 4.69) is 29.8 Å². The minimum absolute atomic E-state index is 0.0263. The summed E-state index contributed by atoms with van der Waals surface area (Å²) in [7, 11) is 3.43. The molecule has 0 radical (unpaired) electrons. The average molecular weight is 356 g/mol. The summed E-state index contributed by atoms with van der Waals surface area (Å²) in [5.41, 5.74) is 1.73. The van der Waals surface area contributed by atoms with E-state index in [0.29, 0.717) is 6.42 Å². The van der Waals surface area contributed by atoms with Gasteiger partial charge in [0.1, 0.15) is 0 Å². The maximum absolute atomic E-state index is 12.5. The largest absolute Gasteiger partial charge is 0.339 e. The van der Waals surface area contributed by atoms with Crippen LogP contribution in [0.2, 0.25) is 0 Å². The smallest absolute Gasteiger partial charge is 0.285 e. The Morgan fingerprint density at radius 1 is 1.30 bits per heavy atom. The normalized spacial score (nSPS) is 16.8. The Bertz CT molecular complexity index is 581. The Labute approximate surface area is 132 Å². The fourth-order valence-corrected chi connectivity index (χ4v) is 3.73. The monoisotopic (exact) mass is 355 g/mol. The van der Waals surface area contributed by atoms with E-state index >= 15 is 0 Å². The number of carbonyl (C=O) groups excluding carboxylic acids is 2. The molecule has 1 amide bonds. The van der Waals surface area contributed by atoms with Gasteiger partial charge in [0.05, 0.1) is 0 Å². The SMILES string of the molecule is CN(C)C(=O)Sc1ccc(Br)c2c1C(=O)CC(C)(C)C2. The molecule has 0 spiro atoms. The third-order valence-electron chi connectivity index (χ3n) is 3.35. The van der Waals surface area contributed by atoms with E-state index in [9.17, 15) is 9.59 Å². The molecule has 0 fully saturated rings. The van der Waals surface area contributed by atoms with Gasteiger partial charge in [-0.1, -0.05) is 29.8 Å². The van der Waals surface area contributed by atoms with Crippen LogP contribution in [-0.2, 0) is 6.42 Å². The van der Waals surface area contributed by atoms with Crippen molar-refractivity contribution in [3.8, 4) is 0 Å². The van der Waals surface area contributed by atoms with Crippen LogP contribution in [0, 0.1) is 5.41 Å². The number of Topliss-reactive ketones (excluding diaryl/α,β-unsaturated/α-hetero) is 1. The third-order valence-corrected chi connectivity index (χ3v) is 5.20. The summed E-state index contributed by atoms with van der Waals surface area (Å²) in [5.74, 6) is 0.131. The second-order valence-electron chi connectivity index (χ2n) is 6.10. The highest BCUT2D eigenvalue weighted by atomic mass is 79.9. The van der Waals surface area contributed by atoms with Crippen LogP contribution in [0.25, 0.3) is 0 Å². The molecule has 3 nitrogen and oxygen atoms in total. The van der Waals surface area contributed by atoms with Crippen LogP contribution in [0.4, 0.5) is 4.79 Å². The predicted molar refractivity (Wildman–Crippen MR) is 85.5 cm³/mol. The molecule has 0 heterocycles. The van der Waals surface area contributed by atoms with Gasteiger partial charge < -0.3 is 4.90 Å². The minimum atomic E-state index is -0.0628. The van der Waals surface area contributed by atoms with Gasteiger partial charge in [-0.25, -0.2) is 0 Å². The molecule has 0 atom stereocenters. The van der Waals surface area contributed by atoms with Crippen molar-refractivity contribution in [2.24, 2.45) is 5.41 Å². The van der Waals surface area contributed by atoms with Gasteiger partial charge in [0.25, 0.3) is 5.24 Å². The Balaban J connectivity index is 2.48. The number of ketones is 1. The zero-order chi connectivity index (χ0) is 15.1. The lowest BCUT2D eigenvalue weighted by atomic mass is 9.74. The molecule has 0 N–H and O–H groups in total. The molecule has 1 aromatic rings. The van der Waals surface area contributed by atoms with E-state index < -0.39 is 0 Å². The highest BCUT2D eigenvalue weighted by molar-refractivity contribution is 9.10. The fourth-order valence-electron chi connectivity index (χ4n) is 2.41. The van der Waals surface area contributed by atoms with Gasteiger partial charge in [0.15, 0.2) is 5.78 Å². The maximum Gasteiger partial charge on any atom is 0.285 e. The van der Waals surface area contributed by atoms with Crippen LogP contribution in [0.3, 0.4) is 0 Å². The summed E-state index contributed by atoms with van der Waals surface area (Å²) in [5, 5.41) is -0.0628. The Hall–Kier alpha value is -0.810. The number of nitrogens with zero attached hydrogens (tertiary/aromatic N) is 1. The van der Waals surface area contributed by atoms with Crippen molar-refractivity contribution in [2.45, 2.75) is 31.6 Å². The molecule has 0 saturated heterocycles. The number of fused-ring (bicyclic) bond motifs is 1. The van der Waals surface area contributed by atoms with Gasteiger partial charge in [-0.2, -0.15) is 0 Å². The molecule has 0 saturated carbocycles. The van der Waals surface area contributed by atoms with E-state index in [1.54, 1.807) is 14.1 Å². The molecule has 0 aliphatic heterocycles. The first-order valence-corrected chi connectivity index (χ1v) is 8.06. The van der Waals surface area contributed by atoms with Crippen LogP contribution in [0.1, 0.15) is 36.2 Å². The van der Waals surface area contributed by atoms with Gasteiger partial charge in [-0.3, -0.25) is 9.59 Å². The summed E-state index contributed by atoms with van der Waals surface area (Å²) in [6.07, 6.45) is 1.37. The molecule has 0 bridgehead atoms. The van der Waals surface area contributed by atoms with E-state index in [1.807, 2.05) is 12.1 Å². The second kappa shape index (κ2) is 5.53. The molecule has 1 aliphatic carbocycles. The van der Waals surface area contributed by atoms with Crippen molar-refractivity contribution in [1.29, 1.82) is 0 Å². The van der Waals surface area contributed by atoms with Crippen molar-refractivity contribution >= 4 is 38.7 Å². The Morgan fingerprint density at radius 3 is 2.55 bits per heavy atom. The highest BCUT2D eigenvalue weighted by Crippen LogP contribution is 2.42. The number of amides is 1. The predicted octanol–water partition coefficient (Wildman–Crippen LogP) is 4.38. The lowest BCUT2D eigenvalue weighted by Crippen LogP contribution is -2.28. The molecular formula is C15H18BrNO2S. The van der Waals surface area contributed by atoms with Crippen molar-refractivity contribution in [2.75, 3.05) is 14.1 Å².